The number of halogens is 7. The van der Waals surface area contributed by atoms with E-state index >= 15 is 0 Å². The van der Waals surface area contributed by atoms with E-state index < -0.39 is 42.1 Å². The molecular formula is C11H15F7O2S. The predicted octanol–water partition coefficient (Wildman–Crippen LogP) is 4.28. The molecule has 0 heterocycles. The van der Waals surface area contributed by atoms with E-state index in [1.165, 1.54) is 6.92 Å². The van der Waals surface area contributed by atoms with Gasteiger partial charge in [-0.2, -0.15) is 30.7 Å². The van der Waals surface area contributed by atoms with Gasteiger partial charge in [0.15, 0.2) is 0 Å². The number of carbonyl (C=O) groups excluding carboxylic acids is 1. The summed E-state index contributed by atoms with van der Waals surface area (Å²) < 4.78 is 91.2. The van der Waals surface area contributed by atoms with Crippen LogP contribution in [0.3, 0.4) is 0 Å². The van der Waals surface area contributed by atoms with Gasteiger partial charge < -0.3 is 4.74 Å². The van der Waals surface area contributed by atoms with Gasteiger partial charge in [-0.1, -0.05) is 0 Å². The first-order chi connectivity index (χ1) is 9.37. The van der Waals surface area contributed by atoms with E-state index in [1.54, 1.807) is 6.92 Å². The van der Waals surface area contributed by atoms with Gasteiger partial charge in [0.05, 0.1) is 11.9 Å². The first-order valence-electron chi connectivity index (χ1n) is 5.97. The number of hydrogen-bond donors (Lipinski definition) is 0. The van der Waals surface area contributed by atoms with Crippen molar-refractivity contribution in [1.82, 2.24) is 0 Å². The lowest BCUT2D eigenvalue weighted by atomic mass is 10.1. The second-order valence-corrected chi connectivity index (χ2v) is 5.59. The lowest BCUT2D eigenvalue weighted by Gasteiger charge is -2.28. The highest BCUT2D eigenvalue weighted by Gasteiger charge is 2.72. The molecule has 1 unspecified atom stereocenters. The molecule has 0 aliphatic heterocycles. The standard InChI is InChI=1S/C11H15F7O2S/c1-3-20-8(19)7(2)21-6-4-5-9(12,13)10(14,15)11(16,17)18/h7H,3-6H2,1-2H3. The summed E-state index contributed by atoms with van der Waals surface area (Å²) in [4.78, 5) is 11.2. The third kappa shape index (κ3) is 5.55. The zero-order valence-electron chi connectivity index (χ0n) is 11.3. The third-order valence-electron chi connectivity index (χ3n) is 2.44. The van der Waals surface area contributed by atoms with E-state index in [9.17, 15) is 35.5 Å². The lowest BCUT2D eigenvalue weighted by Crippen LogP contribution is -2.51. The average Bonchev–Trinajstić information content (AvgIpc) is 2.33. The fourth-order valence-corrected chi connectivity index (χ4v) is 2.11. The van der Waals surface area contributed by atoms with Crippen molar-refractivity contribution in [3.8, 4) is 0 Å². The van der Waals surface area contributed by atoms with Crippen LogP contribution in [0.5, 0.6) is 0 Å². The number of esters is 1. The summed E-state index contributed by atoms with van der Waals surface area (Å²) in [6.07, 6.45) is -8.52. The highest BCUT2D eigenvalue weighted by Crippen LogP contribution is 2.48. The Bertz CT molecular complexity index is 344. The third-order valence-corrected chi connectivity index (χ3v) is 3.65. The minimum absolute atomic E-state index is 0.125. The molecule has 0 saturated heterocycles. The molecule has 0 aliphatic carbocycles. The van der Waals surface area contributed by atoms with Crippen LogP contribution in [-0.2, 0) is 9.53 Å². The lowest BCUT2D eigenvalue weighted by molar-refractivity contribution is -0.355. The Balaban J connectivity index is 4.32. The normalized spacial score (nSPS) is 14.9. The second kappa shape index (κ2) is 7.55. The molecule has 126 valence electrons. The zero-order valence-corrected chi connectivity index (χ0v) is 12.1. The van der Waals surface area contributed by atoms with Crippen molar-refractivity contribution in [3.63, 3.8) is 0 Å². The van der Waals surface area contributed by atoms with Crippen LogP contribution >= 0.6 is 11.8 Å². The molecule has 0 amide bonds. The summed E-state index contributed by atoms with van der Waals surface area (Å²) in [7, 11) is 0. The number of alkyl halides is 7. The van der Waals surface area contributed by atoms with Crippen molar-refractivity contribution in [2.45, 2.75) is 50.0 Å². The molecule has 0 radical (unpaired) electrons. The Hall–Kier alpha value is -0.670. The summed E-state index contributed by atoms with van der Waals surface area (Å²) in [5.74, 6) is -12.0. The maximum absolute atomic E-state index is 12.9. The maximum atomic E-state index is 12.9. The van der Waals surface area contributed by atoms with Gasteiger partial charge in [0, 0.05) is 6.42 Å². The second-order valence-electron chi connectivity index (χ2n) is 4.15. The highest BCUT2D eigenvalue weighted by atomic mass is 32.2. The van der Waals surface area contributed by atoms with Gasteiger partial charge in [-0.25, -0.2) is 0 Å². The number of hydrogen-bond acceptors (Lipinski definition) is 3. The van der Waals surface area contributed by atoms with E-state index in [1.807, 2.05) is 0 Å². The monoisotopic (exact) mass is 344 g/mol. The van der Waals surface area contributed by atoms with E-state index in [-0.39, 0.29) is 12.4 Å². The molecule has 0 aromatic carbocycles. The summed E-state index contributed by atoms with van der Waals surface area (Å²) in [5, 5.41) is -0.707. The number of thioether (sulfide) groups is 1. The van der Waals surface area contributed by atoms with Crippen LogP contribution in [0.4, 0.5) is 30.7 Å². The van der Waals surface area contributed by atoms with Gasteiger partial charge in [0.1, 0.15) is 0 Å². The van der Waals surface area contributed by atoms with Crippen molar-refractivity contribution in [2.75, 3.05) is 12.4 Å². The van der Waals surface area contributed by atoms with Crippen LogP contribution in [0.25, 0.3) is 0 Å². The number of ether oxygens (including phenoxy) is 1. The number of rotatable bonds is 8. The van der Waals surface area contributed by atoms with Crippen LogP contribution in [0.15, 0.2) is 0 Å². The Morgan fingerprint density at radius 1 is 1.14 bits per heavy atom. The highest BCUT2D eigenvalue weighted by molar-refractivity contribution is 8.00. The topological polar surface area (TPSA) is 26.3 Å². The first-order valence-corrected chi connectivity index (χ1v) is 7.02. The smallest absolute Gasteiger partial charge is 0.459 e. The van der Waals surface area contributed by atoms with Gasteiger partial charge in [-0.15, -0.1) is 11.8 Å². The summed E-state index contributed by atoms with van der Waals surface area (Å²) in [6, 6.07) is 0. The minimum Gasteiger partial charge on any atom is -0.465 e. The first kappa shape index (κ1) is 20.3. The molecule has 1 atom stereocenters. The van der Waals surface area contributed by atoms with Crippen molar-refractivity contribution in [3.05, 3.63) is 0 Å². The molecule has 0 aromatic heterocycles. The van der Waals surface area contributed by atoms with Crippen molar-refractivity contribution < 1.29 is 40.3 Å². The van der Waals surface area contributed by atoms with Crippen LogP contribution < -0.4 is 0 Å². The molecule has 0 aliphatic rings. The molecular weight excluding hydrogens is 329 g/mol. The van der Waals surface area contributed by atoms with Gasteiger partial charge in [-0.3, -0.25) is 4.79 Å². The molecule has 21 heavy (non-hydrogen) atoms. The fraction of sp³-hybridized carbons (Fsp3) is 0.909. The van der Waals surface area contributed by atoms with E-state index in [0.717, 1.165) is 11.8 Å². The molecule has 0 rings (SSSR count). The van der Waals surface area contributed by atoms with Crippen LogP contribution in [0.2, 0.25) is 0 Å². The average molecular weight is 344 g/mol. The fourth-order valence-electron chi connectivity index (χ4n) is 1.25. The molecule has 0 saturated carbocycles. The van der Waals surface area contributed by atoms with E-state index in [4.69, 9.17) is 0 Å². The molecule has 2 nitrogen and oxygen atoms in total. The molecule has 0 N–H and O–H groups in total. The zero-order chi connectivity index (χ0) is 16.9. The van der Waals surface area contributed by atoms with Gasteiger partial charge in [-0.05, 0) is 26.0 Å². The Morgan fingerprint density at radius 2 is 1.67 bits per heavy atom. The maximum Gasteiger partial charge on any atom is 0.459 e. The molecule has 0 spiro atoms. The summed E-state index contributed by atoms with van der Waals surface area (Å²) in [5.41, 5.74) is 0. The van der Waals surface area contributed by atoms with Gasteiger partial charge in [0.2, 0.25) is 0 Å². The van der Waals surface area contributed by atoms with E-state index in [2.05, 4.69) is 4.74 Å². The van der Waals surface area contributed by atoms with Gasteiger partial charge >= 0.3 is 24.0 Å². The van der Waals surface area contributed by atoms with Crippen molar-refractivity contribution in [1.29, 1.82) is 0 Å². The summed E-state index contributed by atoms with van der Waals surface area (Å²) in [6.45, 7) is 3.11. The molecule has 0 fully saturated rings. The van der Waals surface area contributed by atoms with Crippen LogP contribution in [-0.4, -0.2) is 41.6 Å². The van der Waals surface area contributed by atoms with Crippen molar-refractivity contribution >= 4 is 17.7 Å². The quantitative estimate of drug-likeness (QED) is 0.373. The largest absolute Gasteiger partial charge is 0.465 e. The Kier molecular flexibility index (Phi) is 7.31. The van der Waals surface area contributed by atoms with E-state index in [0.29, 0.717) is 0 Å². The number of carbonyl (C=O) groups is 1. The SMILES string of the molecule is CCOC(=O)C(C)SCCCC(F)(F)C(F)(F)C(F)(F)F. The summed E-state index contributed by atoms with van der Waals surface area (Å²) >= 11 is 0.849. The minimum atomic E-state index is -6.30. The Labute approximate surface area is 121 Å². The molecule has 0 bridgehead atoms. The molecule has 0 aromatic rings. The van der Waals surface area contributed by atoms with Crippen molar-refractivity contribution in [2.24, 2.45) is 0 Å². The predicted molar refractivity (Wildman–Crippen MR) is 63.7 cm³/mol. The van der Waals surface area contributed by atoms with Gasteiger partial charge in [0.25, 0.3) is 0 Å². The Morgan fingerprint density at radius 3 is 2.10 bits per heavy atom. The molecule has 10 heteroatoms. The van der Waals surface area contributed by atoms with Crippen LogP contribution in [0.1, 0.15) is 26.7 Å². The van der Waals surface area contributed by atoms with Crippen LogP contribution in [0, 0.1) is 0 Å².